The molecule has 0 aliphatic rings. The predicted octanol–water partition coefficient (Wildman–Crippen LogP) is 3.23. The summed E-state index contributed by atoms with van der Waals surface area (Å²) in [4.78, 5) is 2.23. The molecule has 17 heavy (non-hydrogen) atoms. The molecule has 0 radical (unpaired) electrons. The predicted molar refractivity (Wildman–Crippen MR) is 77.4 cm³/mol. The quantitative estimate of drug-likeness (QED) is 0.809. The van der Waals surface area contributed by atoms with Gasteiger partial charge in [0, 0.05) is 11.6 Å². The minimum atomic E-state index is 0.362. The normalized spacial score (nSPS) is 12.9. The molecule has 1 atom stereocenters. The monoisotopic (exact) mass is 253 g/mol. The Bertz CT molecular complexity index is 377. The maximum atomic E-state index is 5.56. The number of benzene rings is 1. The van der Waals surface area contributed by atoms with Gasteiger partial charge in [0.1, 0.15) is 5.75 Å². The molecule has 1 aromatic rings. The number of thiol groups is 1. The second kappa shape index (κ2) is 6.31. The lowest BCUT2D eigenvalue weighted by molar-refractivity contribution is 0.283. The van der Waals surface area contributed by atoms with Gasteiger partial charge in [-0.1, -0.05) is 17.7 Å². The summed E-state index contributed by atoms with van der Waals surface area (Å²) in [5, 5.41) is 0. The summed E-state index contributed by atoms with van der Waals surface area (Å²) in [6.45, 7) is 4.23. The molecule has 1 rings (SSSR count). The summed E-state index contributed by atoms with van der Waals surface area (Å²) in [5.41, 5.74) is 3.75. The standard InChI is InChI=1S/C14H23NOS/c1-10-8-11(2)14(16-5)12(9-10)13(6-7-17)15(3)4/h8-9,13,17H,6-7H2,1-5H3. The van der Waals surface area contributed by atoms with Crippen molar-refractivity contribution in [3.8, 4) is 5.75 Å². The van der Waals surface area contributed by atoms with Gasteiger partial charge in [0.2, 0.25) is 0 Å². The highest BCUT2D eigenvalue weighted by molar-refractivity contribution is 7.80. The third-order valence-electron chi connectivity index (χ3n) is 3.04. The van der Waals surface area contributed by atoms with E-state index in [0.29, 0.717) is 6.04 Å². The van der Waals surface area contributed by atoms with Crippen molar-refractivity contribution in [1.82, 2.24) is 4.90 Å². The largest absolute Gasteiger partial charge is 0.496 e. The number of nitrogens with zero attached hydrogens (tertiary/aromatic N) is 1. The minimum Gasteiger partial charge on any atom is -0.496 e. The molecule has 3 heteroatoms. The number of methoxy groups -OCH3 is 1. The zero-order chi connectivity index (χ0) is 13.0. The number of ether oxygens (including phenoxy) is 1. The van der Waals surface area contributed by atoms with E-state index in [-0.39, 0.29) is 0 Å². The second-order valence-corrected chi connectivity index (χ2v) is 5.14. The van der Waals surface area contributed by atoms with E-state index in [9.17, 15) is 0 Å². The molecule has 0 heterocycles. The van der Waals surface area contributed by atoms with Crippen molar-refractivity contribution in [3.63, 3.8) is 0 Å². The average Bonchev–Trinajstić information content (AvgIpc) is 2.24. The van der Waals surface area contributed by atoms with Gasteiger partial charge in [0.15, 0.2) is 0 Å². The van der Waals surface area contributed by atoms with Crippen LogP contribution in [0.1, 0.15) is 29.2 Å². The van der Waals surface area contributed by atoms with E-state index >= 15 is 0 Å². The summed E-state index contributed by atoms with van der Waals surface area (Å²) < 4.78 is 5.56. The summed E-state index contributed by atoms with van der Waals surface area (Å²) in [5.74, 6) is 1.88. The number of rotatable bonds is 5. The highest BCUT2D eigenvalue weighted by Gasteiger charge is 2.19. The lowest BCUT2D eigenvalue weighted by atomic mass is 9.97. The number of aryl methyl sites for hydroxylation is 2. The van der Waals surface area contributed by atoms with E-state index in [4.69, 9.17) is 4.74 Å². The molecule has 0 aliphatic carbocycles. The Labute approximate surface area is 110 Å². The van der Waals surface area contributed by atoms with Crippen LogP contribution in [0.15, 0.2) is 12.1 Å². The molecule has 0 aliphatic heterocycles. The van der Waals surface area contributed by atoms with Gasteiger partial charge >= 0.3 is 0 Å². The van der Waals surface area contributed by atoms with Gasteiger partial charge in [-0.3, -0.25) is 0 Å². The number of hydrogen-bond donors (Lipinski definition) is 1. The topological polar surface area (TPSA) is 12.5 Å². The molecule has 2 nitrogen and oxygen atoms in total. The zero-order valence-electron chi connectivity index (χ0n) is 11.4. The van der Waals surface area contributed by atoms with Gasteiger partial charge in [0.05, 0.1) is 7.11 Å². The average molecular weight is 253 g/mol. The van der Waals surface area contributed by atoms with Crippen LogP contribution in [0.3, 0.4) is 0 Å². The van der Waals surface area contributed by atoms with E-state index in [1.54, 1.807) is 7.11 Å². The van der Waals surface area contributed by atoms with Crippen LogP contribution >= 0.6 is 12.6 Å². The molecule has 0 spiro atoms. The fourth-order valence-electron chi connectivity index (χ4n) is 2.33. The summed E-state index contributed by atoms with van der Waals surface area (Å²) in [6, 6.07) is 4.75. The Morgan fingerprint density at radius 2 is 1.94 bits per heavy atom. The van der Waals surface area contributed by atoms with Gasteiger partial charge in [-0.15, -0.1) is 0 Å². The lowest BCUT2D eigenvalue weighted by Gasteiger charge is -2.27. The molecular formula is C14H23NOS. The van der Waals surface area contributed by atoms with Gasteiger partial charge in [-0.2, -0.15) is 12.6 Å². The maximum absolute atomic E-state index is 5.56. The van der Waals surface area contributed by atoms with Gasteiger partial charge < -0.3 is 9.64 Å². The summed E-state index contributed by atoms with van der Waals surface area (Å²) >= 11 is 4.35. The van der Waals surface area contributed by atoms with Crippen molar-refractivity contribution in [1.29, 1.82) is 0 Å². The van der Waals surface area contributed by atoms with Crippen molar-refractivity contribution in [2.24, 2.45) is 0 Å². The third kappa shape index (κ3) is 3.39. The molecule has 0 aromatic heterocycles. The molecule has 0 amide bonds. The first-order valence-electron chi connectivity index (χ1n) is 5.93. The van der Waals surface area contributed by atoms with Gasteiger partial charge in [-0.05, 0) is 45.7 Å². The van der Waals surface area contributed by atoms with Crippen LogP contribution in [0.4, 0.5) is 0 Å². The highest BCUT2D eigenvalue weighted by Crippen LogP contribution is 2.34. The van der Waals surface area contributed by atoms with E-state index in [1.807, 2.05) is 0 Å². The van der Waals surface area contributed by atoms with Crippen LogP contribution in [0.2, 0.25) is 0 Å². The highest BCUT2D eigenvalue weighted by atomic mass is 32.1. The fourth-order valence-corrected chi connectivity index (χ4v) is 2.57. The van der Waals surface area contributed by atoms with Gasteiger partial charge in [0.25, 0.3) is 0 Å². The third-order valence-corrected chi connectivity index (χ3v) is 3.29. The molecule has 0 saturated heterocycles. The minimum absolute atomic E-state index is 0.362. The van der Waals surface area contributed by atoms with Crippen molar-refractivity contribution < 1.29 is 4.74 Å². The summed E-state index contributed by atoms with van der Waals surface area (Å²) in [6.07, 6.45) is 1.02. The van der Waals surface area contributed by atoms with E-state index in [1.165, 1.54) is 16.7 Å². The first-order chi connectivity index (χ1) is 8.01. The maximum Gasteiger partial charge on any atom is 0.126 e. The lowest BCUT2D eigenvalue weighted by Crippen LogP contribution is -2.21. The SMILES string of the molecule is COc1c(C)cc(C)cc1C(CCS)N(C)C. The zero-order valence-corrected chi connectivity index (χ0v) is 12.3. The van der Waals surface area contributed by atoms with Crippen molar-refractivity contribution in [3.05, 3.63) is 28.8 Å². The summed E-state index contributed by atoms with van der Waals surface area (Å²) in [7, 11) is 5.95. The molecule has 1 aromatic carbocycles. The van der Waals surface area contributed by atoms with Crippen LogP contribution in [0.25, 0.3) is 0 Å². The Balaban J connectivity index is 3.25. The van der Waals surface area contributed by atoms with Crippen LogP contribution in [0, 0.1) is 13.8 Å². The Morgan fingerprint density at radius 1 is 1.29 bits per heavy atom. The fraction of sp³-hybridized carbons (Fsp3) is 0.571. The van der Waals surface area contributed by atoms with E-state index in [2.05, 4.69) is 57.6 Å². The molecule has 0 bridgehead atoms. The Morgan fingerprint density at radius 3 is 2.41 bits per heavy atom. The molecule has 0 fully saturated rings. The van der Waals surface area contributed by atoms with Crippen LogP contribution in [-0.4, -0.2) is 31.9 Å². The van der Waals surface area contributed by atoms with Crippen LogP contribution in [0.5, 0.6) is 5.75 Å². The number of hydrogen-bond acceptors (Lipinski definition) is 3. The first kappa shape index (κ1) is 14.4. The van der Waals surface area contributed by atoms with Crippen LogP contribution in [-0.2, 0) is 0 Å². The van der Waals surface area contributed by atoms with Crippen molar-refractivity contribution >= 4 is 12.6 Å². The molecule has 1 unspecified atom stereocenters. The van der Waals surface area contributed by atoms with E-state index < -0.39 is 0 Å². The van der Waals surface area contributed by atoms with Crippen LogP contribution < -0.4 is 4.74 Å². The first-order valence-corrected chi connectivity index (χ1v) is 6.57. The van der Waals surface area contributed by atoms with Crippen molar-refractivity contribution in [2.75, 3.05) is 27.0 Å². The molecular weight excluding hydrogens is 230 g/mol. The van der Waals surface area contributed by atoms with E-state index in [0.717, 1.165) is 17.9 Å². The van der Waals surface area contributed by atoms with Gasteiger partial charge in [-0.25, -0.2) is 0 Å². The second-order valence-electron chi connectivity index (χ2n) is 4.70. The molecule has 96 valence electrons. The van der Waals surface area contributed by atoms with Crippen molar-refractivity contribution in [2.45, 2.75) is 26.3 Å². The smallest absolute Gasteiger partial charge is 0.126 e. The molecule has 0 N–H and O–H groups in total. The Kier molecular flexibility index (Phi) is 5.34. The molecule has 0 saturated carbocycles. The Hall–Kier alpha value is -0.670.